The van der Waals surface area contributed by atoms with Crippen LogP contribution in [0.5, 0.6) is 0 Å². The maximum Gasteiger partial charge on any atom is 0.415 e. The van der Waals surface area contributed by atoms with Crippen LogP contribution in [0.3, 0.4) is 0 Å². The number of hydrogen-bond acceptors (Lipinski definition) is 7. The van der Waals surface area contributed by atoms with Crippen molar-refractivity contribution < 1.29 is 23.5 Å². The van der Waals surface area contributed by atoms with Crippen molar-refractivity contribution in [2.24, 2.45) is 5.92 Å². The molecule has 2 aromatic rings. The molecular weight excluding hydrogens is 622 g/mol. The topological polar surface area (TPSA) is 84.9 Å². The number of ether oxygens (including phenoxy) is 2. The van der Waals surface area contributed by atoms with Crippen LogP contribution < -0.4 is 4.90 Å². The molecule has 0 N–H and O–H groups in total. The zero-order valence-electron chi connectivity index (χ0n) is 21.2. The van der Waals surface area contributed by atoms with Gasteiger partial charge in [0.15, 0.2) is 11.0 Å². The Kier molecular flexibility index (Phi) is 7.32. The fourth-order valence-electron chi connectivity index (χ4n) is 4.65. The maximum atomic E-state index is 15.1. The minimum atomic E-state index is -0.771. The number of amides is 2. The average Bonchev–Trinajstić information content (AvgIpc) is 3.33. The molecule has 3 atom stereocenters. The number of anilines is 1. The quantitative estimate of drug-likeness (QED) is 0.213. The van der Waals surface area contributed by atoms with Crippen molar-refractivity contribution in [1.29, 1.82) is 0 Å². The number of carbonyl (C=O) groups is 2. The van der Waals surface area contributed by atoms with Gasteiger partial charge in [0.2, 0.25) is 0 Å². The molecule has 8 nitrogen and oxygen atoms in total. The SMILES string of the molecule is CSc1nc2c(F)c(Cl)ncc2c(N(C(=O)OC(C)(C)C)C2C3CC2N(C(=O)OC(C)(C)C)C3)c1I. The predicted octanol–water partition coefficient (Wildman–Crippen LogP) is 6.50. The van der Waals surface area contributed by atoms with Gasteiger partial charge in [-0.05, 0) is 76.8 Å². The number of nitrogens with zero attached hydrogens (tertiary/aromatic N) is 4. The second-order valence-electron chi connectivity index (χ2n) is 10.9. The van der Waals surface area contributed by atoms with Crippen molar-refractivity contribution in [1.82, 2.24) is 14.9 Å². The molecule has 1 aliphatic carbocycles. The van der Waals surface area contributed by atoms with E-state index in [1.54, 1.807) is 30.6 Å². The number of aromatic nitrogens is 2. The molecule has 2 saturated heterocycles. The molecule has 2 amide bonds. The third-order valence-electron chi connectivity index (χ3n) is 6.02. The summed E-state index contributed by atoms with van der Waals surface area (Å²) >= 11 is 9.42. The summed E-state index contributed by atoms with van der Waals surface area (Å²) in [7, 11) is 0. The Morgan fingerprint density at radius 1 is 1.22 bits per heavy atom. The fourth-order valence-corrected chi connectivity index (χ4v) is 6.58. The Labute approximate surface area is 232 Å². The summed E-state index contributed by atoms with van der Waals surface area (Å²) < 4.78 is 27.2. The largest absolute Gasteiger partial charge is 0.444 e. The smallest absolute Gasteiger partial charge is 0.415 e. The molecule has 1 saturated carbocycles. The van der Waals surface area contributed by atoms with Gasteiger partial charge < -0.3 is 14.4 Å². The van der Waals surface area contributed by atoms with E-state index in [0.29, 0.717) is 26.2 Å². The molecule has 0 spiro atoms. The van der Waals surface area contributed by atoms with E-state index in [9.17, 15) is 9.59 Å². The Hall–Kier alpha value is -1.60. The zero-order valence-corrected chi connectivity index (χ0v) is 24.9. The van der Waals surface area contributed by atoms with Gasteiger partial charge in [0.05, 0.1) is 21.3 Å². The number of halogens is 3. The number of thioether (sulfide) groups is 1. The first kappa shape index (κ1) is 27.4. The van der Waals surface area contributed by atoms with Crippen LogP contribution in [0.15, 0.2) is 11.2 Å². The Bertz CT molecular complexity index is 1240. The number of pyridine rings is 2. The van der Waals surface area contributed by atoms with E-state index in [2.05, 4.69) is 32.6 Å². The van der Waals surface area contributed by atoms with E-state index in [-0.39, 0.29) is 28.7 Å². The molecule has 4 heterocycles. The monoisotopic (exact) mass is 650 g/mol. The van der Waals surface area contributed by atoms with Crippen LogP contribution in [0.1, 0.15) is 48.0 Å². The van der Waals surface area contributed by atoms with Gasteiger partial charge in [-0.2, -0.15) is 0 Å². The van der Waals surface area contributed by atoms with Gasteiger partial charge in [0.25, 0.3) is 0 Å². The van der Waals surface area contributed by atoms with Gasteiger partial charge >= 0.3 is 12.2 Å². The molecular formula is C24H29ClFIN4O4S. The van der Waals surface area contributed by atoms with Crippen LogP contribution >= 0.6 is 46.0 Å². The van der Waals surface area contributed by atoms with Gasteiger partial charge in [0, 0.05) is 24.0 Å². The summed E-state index contributed by atoms with van der Waals surface area (Å²) in [5.41, 5.74) is -0.935. The third-order valence-corrected chi connectivity index (χ3v) is 8.35. The second-order valence-corrected chi connectivity index (χ2v) is 13.2. The molecule has 2 aliphatic heterocycles. The van der Waals surface area contributed by atoms with Gasteiger partial charge in [-0.25, -0.2) is 23.9 Å². The molecule has 36 heavy (non-hydrogen) atoms. The minimum Gasteiger partial charge on any atom is -0.444 e. The predicted molar refractivity (Wildman–Crippen MR) is 146 cm³/mol. The first-order valence-electron chi connectivity index (χ1n) is 11.5. The molecule has 2 bridgehead atoms. The standard InChI is InChI=1S/C24H29ClFIN4O4S/c1-23(2,3)34-21(32)30-10-11-8-13(30)17(11)31(22(33)35-24(4,5)6)18-12-9-28-19(25)14(26)16(12)29-20(36-7)15(18)27/h9,11,13,17H,8,10H2,1-7H3. The summed E-state index contributed by atoms with van der Waals surface area (Å²) in [6.45, 7) is 11.3. The lowest BCUT2D eigenvalue weighted by Gasteiger charge is -2.44. The summed E-state index contributed by atoms with van der Waals surface area (Å²) in [5.74, 6) is -0.741. The first-order chi connectivity index (χ1) is 16.6. The Morgan fingerprint density at radius 2 is 1.86 bits per heavy atom. The molecule has 3 fully saturated rings. The summed E-state index contributed by atoms with van der Waals surface area (Å²) in [4.78, 5) is 38.4. The molecule has 12 heteroatoms. The van der Waals surface area contributed by atoms with E-state index in [4.69, 9.17) is 21.1 Å². The molecule has 2 aromatic heterocycles. The number of rotatable bonds is 3. The van der Waals surface area contributed by atoms with Gasteiger partial charge in [-0.1, -0.05) is 11.6 Å². The molecule has 0 radical (unpaired) electrons. The Balaban J connectivity index is 1.86. The number of fused-ring (bicyclic) bond motifs is 2. The van der Waals surface area contributed by atoms with Crippen LogP contribution in [0.25, 0.3) is 10.9 Å². The van der Waals surface area contributed by atoms with Crippen LogP contribution in [-0.2, 0) is 9.47 Å². The van der Waals surface area contributed by atoms with Crippen molar-refractivity contribution in [2.45, 2.75) is 76.3 Å². The highest BCUT2D eigenvalue weighted by molar-refractivity contribution is 14.1. The van der Waals surface area contributed by atoms with Crippen LogP contribution in [0, 0.1) is 15.3 Å². The van der Waals surface area contributed by atoms with Crippen LogP contribution in [0.4, 0.5) is 19.7 Å². The highest BCUT2D eigenvalue weighted by atomic mass is 127. The molecule has 196 valence electrons. The minimum absolute atomic E-state index is 0.0110. The zero-order chi connectivity index (χ0) is 26.7. The lowest BCUT2D eigenvalue weighted by atomic mass is 9.78. The van der Waals surface area contributed by atoms with Crippen LogP contribution in [-0.4, -0.2) is 63.1 Å². The number of carbonyl (C=O) groups excluding carboxylic acids is 2. The third kappa shape index (κ3) is 5.07. The van der Waals surface area contributed by atoms with Crippen molar-refractivity contribution in [2.75, 3.05) is 17.7 Å². The molecule has 3 unspecified atom stereocenters. The van der Waals surface area contributed by atoms with Crippen molar-refractivity contribution in [3.05, 3.63) is 20.7 Å². The van der Waals surface area contributed by atoms with Gasteiger partial charge in [-0.3, -0.25) is 4.90 Å². The lowest BCUT2D eigenvalue weighted by Crippen LogP contribution is -2.59. The summed E-state index contributed by atoms with van der Waals surface area (Å²) in [6, 6.07) is -0.640. The molecule has 3 aliphatic rings. The second kappa shape index (κ2) is 9.61. The van der Waals surface area contributed by atoms with E-state index in [1.807, 2.05) is 27.0 Å². The first-order valence-corrected chi connectivity index (χ1v) is 14.2. The van der Waals surface area contributed by atoms with Crippen molar-refractivity contribution in [3.8, 4) is 0 Å². The highest BCUT2D eigenvalue weighted by Gasteiger charge is 2.59. The molecule has 5 rings (SSSR count). The van der Waals surface area contributed by atoms with E-state index >= 15 is 4.39 Å². The molecule has 0 aromatic carbocycles. The normalized spacial score (nSPS) is 21.4. The van der Waals surface area contributed by atoms with Gasteiger partial charge in [0.1, 0.15) is 21.7 Å². The maximum absolute atomic E-state index is 15.1. The van der Waals surface area contributed by atoms with Crippen LogP contribution in [0.2, 0.25) is 5.15 Å². The highest BCUT2D eigenvalue weighted by Crippen LogP contribution is 2.49. The van der Waals surface area contributed by atoms with Gasteiger partial charge in [-0.15, -0.1) is 11.8 Å². The van der Waals surface area contributed by atoms with E-state index in [0.717, 1.165) is 6.42 Å². The van der Waals surface area contributed by atoms with Crippen molar-refractivity contribution >= 4 is 74.7 Å². The van der Waals surface area contributed by atoms with Crippen molar-refractivity contribution in [3.63, 3.8) is 0 Å². The number of hydrogen-bond donors (Lipinski definition) is 0. The lowest BCUT2D eigenvalue weighted by molar-refractivity contribution is 0.0216. The van der Waals surface area contributed by atoms with E-state index in [1.165, 1.54) is 18.0 Å². The summed E-state index contributed by atoms with van der Waals surface area (Å²) in [6.07, 6.45) is 2.99. The van der Waals surface area contributed by atoms with E-state index < -0.39 is 29.2 Å². The average molecular weight is 651 g/mol. The Morgan fingerprint density at radius 3 is 2.44 bits per heavy atom. The summed E-state index contributed by atoms with van der Waals surface area (Å²) in [5, 5.41) is 0.599. The fraction of sp³-hybridized carbons (Fsp3) is 0.583.